The molecule has 0 bridgehead atoms. The lowest BCUT2D eigenvalue weighted by atomic mass is 9.87. The van der Waals surface area contributed by atoms with Crippen molar-refractivity contribution in [2.24, 2.45) is 11.7 Å². The number of amides is 1. The number of carbonyl (C=O) groups excluding carboxylic acids is 1. The second kappa shape index (κ2) is 6.01. The largest absolute Gasteiger partial charge is 0.349 e. The van der Waals surface area contributed by atoms with Gasteiger partial charge in [0.2, 0.25) is 0 Å². The predicted octanol–water partition coefficient (Wildman–Crippen LogP) is 2.45. The monoisotopic (exact) mass is 246 g/mol. The quantitative estimate of drug-likeness (QED) is 0.860. The van der Waals surface area contributed by atoms with Gasteiger partial charge in [-0.15, -0.1) is 0 Å². The first kappa shape index (κ1) is 13.1. The highest BCUT2D eigenvalue weighted by Crippen LogP contribution is 2.23. The Morgan fingerprint density at radius 3 is 2.39 bits per heavy atom. The number of hydrogen-bond donors (Lipinski definition) is 2. The maximum absolute atomic E-state index is 12.1. The summed E-state index contributed by atoms with van der Waals surface area (Å²) in [6.07, 6.45) is 4.65. The third kappa shape index (κ3) is 3.33. The summed E-state index contributed by atoms with van der Waals surface area (Å²) in [5.41, 5.74) is 7.32. The van der Waals surface area contributed by atoms with Crippen LogP contribution < -0.4 is 11.1 Å². The van der Waals surface area contributed by atoms with Crippen molar-refractivity contribution < 1.29 is 4.79 Å². The first-order valence-corrected chi connectivity index (χ1v) is 6.79. The van der Waals surface area contributed by atoms with Crippen molar-refractivity contribution in [3.63, 3.8) is 0 Å². The Hall–Kier alpha value is -1.35. The second-order valence-electron chi connectivity index (χ2n) is 5.33. The molecule has 1 aliphatic rings. The first-order chi connectivity index (χ1) is 8.69. The van der Waals surface area contributed by atoms with Gasteiger partial charge in [-0.2, -0.15) is 0 Å². The fourth-order valence-corrected chi connectivity index (χ4v) is 2.47. The van der Waals surface area contributed by atoms with E-state index in [4.69, 9.17) is 5.73 Å². The highest BCUT2D eigenvalue weighted by molar-refractivity contribution is 5.94. The Bertz CT molecular complexity index is 391. The van der Waals surface area contributed by atoms with Crippen molar-refractivity contribution in [1.82, 2.24) is 5.32 Å². The average molecular weight is 246 g/mol. The van der Waals surface area contributed by atoms with Gasteiger partial charge in [0.25, 0.3) is 5.91 Å². The zero-order chi connectivity index (χ0) is 13.0. The van der Waals surface area contributed by atoms with Gasteiger partial charge in [-0.05, 0) is 49.3 Å². The van der Waals surface area contributed by atoms with E-state index in [-0.39, 0.29) is 5.91 Å². The molecule has 1 fully saturated rings. The summed E-state index contributed by atoms with van der Waals surface area (Å²) in [6.45, 7) is 2.80. The van der Waals surface area contributed by atoms with Crippen LogP contribution in [0.4, 0.5) is 0 Å². The summed E-state index contributed by atoms with van der Waals surface area (Å²) in [6, 6.07) is 7.88. The van der Waals surface area contributed by atoms with Gasteiger partial charge in [-0.1, -0.05) is 19.1 Å². The maximum atomic E-state index is 12.1. The van der Waals surface area contributed by atoms with Crippen molar-refractivity contribution in [2.75, 3.05) is 0 Å². The standard InChI is InChI=1S/C15H22N2O/c1-11-2-8-14(9-3-11)17-15(18)13-6-4-12(10-16)5-7-13/h4-7,11,14H,2-3,8-10,16H2,1H3,(H,17,18). The molecule has 0 atom stereocenters. The molecule has 98 valence electrons. The van der Waals surface area contributed by atoms with Crippen LogP contribution in [-0.4, -0.2) is 11.9 Å². The molecule has 18 heavy (non-hydrogen) atoms. The van der Waals surface area contributed by atoms with E-state index in [1.165, 1.54) is 12.8 Å². The number of rotatable bonds is 3. The van der Waals surface area contributed by atoms with Crippen LogP contribution >= 0.6 is 0 Å². The second-order valence-corrected chi connectivity index (χ2v) is 5.33. The van der Waals surface area contributed by atoms with Crippen molar-refractivity contribution in [1.29, 1.82) is 0 Å². The van der Waals surface area contributed by atoms with Crippen molar-refractivity contribution >= 4 is 5.91 Å². The summed E-state index contributed by atoms with van der Waals surface area (Å²) in [5.74, 6) is 0.847. The zero-order valence-corrected chi connectivity index (χ0v) is 11.0. The topological polar surface area (TPSA) is 55.1 Å². The Morgan fingerprint density at radius 2 is 1.83 bits per heavy atom. The Kier molecular flexibility index (Phi) is 4.37. The predicted molar refractivity (Wildman–Crippen MR) is 73.2 cm³/mol. The molecular weight excluding hydrogens is 224 g/mol. The van der Waals surface area contributed by atoms with Crippen LogP contribution in [0, 0.1) is 5.92 Å². The maximum Gasteiger partial charge on any atom is 0.251 e. The minimum atomic E-state index is 0.0399. The minimum absolute atomic E-state index is 0.0399. The van der Waals surface area contributed by atoms with Gasteiger partial charge in [0.15, 0.2) is 0 Å². The molecule has 2 rings (SSSR count). The molecular formula is C15H22N2O. The Morgan fingerprint density at radius 1 is 1.22 bits per heavy atom. The summed E-state index contributed by atoms with van der Waals surface area (Å²) >= 11 is 0. The van der Waals surface area contributed by atoms with Crippen molar-refractivity contribution in [2.45, 2.75) is 45.2 Å². The van der Waals surface area contributed by atoms with E-state index in [1.807, 2.05) is 24.3 Å². The summed E-state index contributed by atoms with van der Waals surface area (Å²) < 4.78 is 0. The van der Waals surface area contributed by atoms with E-state index in [0.29, 0.717) is 12.6 Å². The molecule has 3 nitrogen and oxygen atoms in total. The van der Waals surface area contributed by atoms with Crippen LogP contribution in [-0.2, 0) is 6.54 Å². The van der Waals surface area contributed by atoms with Crippen LogP contribution in [0.2, 0.25) is 0 Å². The van der Waals surface area contributed by atoms with Gasteiger partial charge in [0.05, 0.1) is 0 Å². The molecule has 0 aromatic heterocycles. The molecule has 0 unspecified atom stereocenters. The molecule has 3 heteroatoms. The third-order valence-corrected chi connectivity index (χ3v) is 3.80. The van der Waals surface area contributed by atoms with Gasteiger partial charge in [0, 0.05) is 18.2 Å². The lowest BCUT2D eigenvalue weighted by Crippen LogP contribution is -2.37. The number of hydrogen-bond acceptors (Lipinski definition) is 2. The molecule has 0 radical (unpaired) electrons. The van der Waals surface area contributed by atoms with Crippen LogP contribution in [0.5, 0.6) is 0 Å². The molecule has 1 aliphatic carbocycles. The van der Waals surface area contributed by atoms with Gasteiger partial charge in [-0.3, -0.25) is 4.79 Å². The Balaban J connectivity index is 1.90. The normalized spacial score (nSPS) is 23.7. The molecule has 1 saturated carbocycles. The Labute approximate surface area is 109 Å². The minimum Gasteiger partial charge on any atom is -0.349 e. The lowest BCUT2D eigenvalue weighted by molar-refractivity contribution is 0.0923. The van der Waals surface area contributed by atoms with Crippen LogP contribution in [0.25, 0.3) is 0 Å². The molecule has 1 amide bonds. The van der Waals surface area contributed by atoms with E-state index in [9.17, 15) is 4.79 Å². The average Bonchev–Trinajstić information content (AvgIpc) is 2.41. The van der Waals surface area contributed by atoms with Crippen LogP contribution in [0.3, 0.4) is 0 Å². The molecule has 0 heterocycles. The SMILES string of the molecule is CC1CCC(NC(=O)c2ccc(CN)cc2)CC1. The van der Waals surface area contributed by atoms with E-state index in [2.05, 4.69) is 12.2 Å². The molecule has 0 aliphatic heterocycles. The number of nitrogens with two attached hydrogens (primary N) is 1. The molecule has 0 spiro atoms. The van der Waals surface area contributed by atoms with E-state index >= 15 is 0 Å². The summed E-state index contributed by atoms with van der Waals surface area (Å²) in [7, 11) is 0. The van der Waals surface area contributed by atoms with E-state index in [0.717, 1.165) is 29.9 Å². The van der Waals surface area contributed by atoms with E-state index in [1.54, 1.807) is 0 Å². The fourth-order valence-electron chi connectivity index (χ4n) is 2.47. The molecule has 1 aromatic carbocycles. The number of carbonyl (C=O) groups is 1. The van der Waals surface area contributed by atoms with Gasteiger partial charge in [-0.25, -0.2) is 0 Å². The summed E-state index contributed by atoms with van der Waals surface area (Å²) in [5, 5.41) is 3.12. The number of nitrogens with one attached hydrogen (secondary N) is 1. The third-order valence-electron chi connectivity index (χ3n) is 3.80. The molecule has 3 N–H and O–H groups in total. The van der Waals surface area contributed by atoms with Crippen LogP contribution in [0.1, 0.15) is 48.5 Å². The highest BCUT2D eigenvalue weighted by atomic mass is 16.1. The zero-order valence-electron chi connectivity index (χ0n) is 11.0. The van der Waals surface area contributed by atoms with E-state index < -0.39 is 0 Å². The smallest absolute Gasteiger partial charge is 0.251 e. The fraction of sp³-hybridized carbons (Fsp3) is 0.533. The van der Waals surface area contributed by atoms with Gasteiger partial charge < -0.3 is 11.1 Å². The van der Waals surface area contributed by atoms with Crippen molar-refractivity contribution in [3.05, 3.63) is 35.4 Å². The van der Waals surface area contributed by atoms with Crippen LogP contribution in [0.15, 0.2) is 24.3 Å². The molecule has 1 aromatic rings. The lowest BCUT2D eigenvalue weighted by Gasteiger charge is -2.26. The van der Waals surface area contributed by atoms with Gasteiger partial charge >= 0.3 is 0 Å². The molecule has 0 saturated heterocycles. The number of benzene rings is 1. The highest BCUT2D eigenvalue weighted by Gasteiger charge is 2.20. The first-order valence-electron chi connectivity index (χ1n) is 6.79. The summed E-state index contributed by atoms with van der Waals surface area (Å²) in [4.78, 5) is 12.1. The van der Waals surface area contributed by atoms with Crippen molar-refractivity contribution in [3.8, 4) is 0 Å². The van der Waals surface area contributed by atoms with Gasteiger partial charge in [0.1, 0.15) is 0 Å².